The number of rotatable bonds is 4. The zero-order valence-electron chi connectivity index (χ0n) is 14.0. The third-order valence-corrected chi connectivity index (χ3v) is 3.77. The van der Waals surface area contributed by atoms with Crippen molar-refractivity contribution in [1.82, 2.24) is 5.32 Å². The second kappa shape index (κ2) is 6.92. The van der Waals surface area contributed by atoms with Crippen molar-refractivity contribution in [2.75, 3.05) is 12.4 Å². The largest absolute Gasteiger partial charge is 0.324 e. The zero-order valence-corrected chi connectivity index (χ0v) is 14.0. The molecule has 1 atom stereocenters. The van der Waals surface area contributed by atoms with Crippen LogP contribution in [-0.2, 0) is 10.2 Å². The summed E-state index contributed by atoms with van der Waals surface area (Å²) in [7, 11) is 1.70. The summed E-state index contributed by atoms with van der Waals surface area (Å²) in [6, 6.07) is 13.2. The van der Waals surface area contributed by atoms with Gasteiger partial charge in [0.25, 0.3) is 0 Å². The minimum absolute atomic E-state index is 0.0736. The van der Waals surface area contributed by atoms with Crippen LogP contribution in [0.1, 0.15) is 37.9 Å². The molecule has 0 saturated carbocycles. The van der Waals surface area contributed by atoms with Crippen molar-refractivity contribution in [3.8, 4) is 0 Å². The standard InChI is InChI=1S/C19H23FN2O/c1-19(2,3)14-7-11-16(12-8-14)22-18(23)17(21-4)13-5-9-15(20)10-6-13/h5-12,17,21H,1-4H3,(H,22,23)/t17-/m1/s1. The van der Waals surface area contributed by atoms with Crippen LogP contribution in [0.4, 0.5) is 10.1 Å². The minimum Gasteiger partial charge on any atom is -0.324 e. The average Bonchev–Trinajstić information content (AvgIpc) is 2.49. The van der Waals surface area contributed by atoms with Crippen LogP contribution in [0.3, 0.4) is 0 Å². The number of carbonyl (C=O) groups excluding carboxylic acids is 1. The van der Waals surface area contributed by atoms with Gasteiger partial charge in [-0.25, -0.2) is 4.39 Å². The average molecular weight is 314 g/mol. The van der Waals surface area contributed by atoms with Gasteiger partial charge in [0.05, 0.1) is 0 Å². The topological polar surface area (TPSA) is 41.1 Å². The van der Waals surface area contributed by atoms with Crippen LogP contribution in [0.5, 0.6) is 0 Å². The van der Waals surface area contributed by atoms with Crippen LogP contribution >= 0.6 is 0 Å². The predicted octanol–water partition coefficient (Wildman–Crippen LogP) is 4.02. The van der Waals surface area contributed by atoms with Crippen LogP contribution in [0, 0.1) is 5.82 Å². The van der Waals surface area contributed by atoms with Gasteiger partial charge in [0.2, 0.25) is 5.91 Å². The molecule has 4 heteroatoms. The van der Waals surface area contributed by atoms with E-state index in [0.29, 0.717) is 0 Å². The van der Waals surface area contributed by atoms with E-state index in [9.17, 15) is 9.18 Å². The van der Waals surface area contributed by atoms with Gasteiger partial charge in [-0.2, -0.15) is 0 Å². The third kappa shape index (κ3) is 4.39. The Morgan fingerprint density at radius 3 is 2.04 bits per heavy atom. The first-order valence-corrected chi connectivity index (χ1v) is 7.65. The Kier molecular flexibility index (Phi) is 5.16. The van der Waals surface area contributed by atoms with Crippen molar-refractivity contribution in [3.63, 3.8) is 0 Å². The molecule has 2 N–H and O–H groups in total. The zero-order chi connectivity index (χ0) is 17.0. The first-order chi connectivity index (χ1) is 10.8. The number of nitrogens with one attached hydrogen (secondary N) is 2. The number of carbonyl (C=O) groups is 1. The van der Waals surface area contributed by atoms with Crippen molar-refractivity contribution in [2.45, 2.75) is 32.2 Å². The van der Waals surface area contributed by atoms with Crippen molar-refractivity contribution < 1.29 is 9.18 Å². The predicted molar refractivity (Wildman–Crippen MR) is 92.0 cm³/mol. The fourth-order valence-electron chi connectivity index (χ4n) is 2.37. The first kappa shape index (κ1) is 17.2. The monoisotopic (exact) mass is 314 g/mol. The molecule has 1 amide bonds. The van der Waals surface area contributed by atoms with Gasteiger partial charge in [-0.15, -0.1) is 0 Å². The Balaban J connectivity index is 2.12. The third-order valence-electron chi connectivity index (χ3n) is 3.77. The summed E-state index contributed by atoms with van der Waals surface area (Å²) < 4.78 is 13.0. The molecule has 0 fully saturated rings. The second-order valence-electron chi connectivity index (χ2n) is 6.59. The summed E-state index contributed by atoms with van der Waals surface area (Å²) in [5, 5.41) is 5.85. The lowest BCUT2D eigenvalue weighted by Gasteiger charge is -2.20. The van der Waals surface area contributed by atoms with Crippen LogP contribution in [0.25, 0.3) is 0 Å². The van der Waals surface area contributed by atoms with Crippen molar-refractivity contribution in [2.24, 2.45) is 0 Å². The summed E-state index contributed by atoms with van der Waals surface area (Å²) in [6.45, 7) is 6.43. The van der Waals surface area contributed by atoms with Gasteiger partial charge in [0, 0.05) is 5.69 Å². The molecule has 2 rings (SSSR count). The van der Waals surface area contributed by atoms with Gasteiger partial charge < -0.3 is 10.6 Å². The van der Waals surface area contributed by atoms with Gasteiger partial charge >= 0.3 is 0 Å². The number of amides is 1. The highest BCUT2D eigenvalue weighted by molar-refractivity contribution is 5.95. The maximum absolute atomic E-state index is 13.0. The molecule has 3 nitrogen and oxygen atoms in total. The molecular weight excluding hydrogens is 291 g/mol. The van der Waals surface area contributed by atoms with Crippen LogP contribution in [0.15, 0.2) is 48.5 Å². The van der Waals surface area contributed by atoms with Gasteiger partial charge in [0.1, 0.15) is 11.9 Å². The fraction of sp³-hybridized carbons (Fsp3) is 0.316. The van der Waals surface area contributed by atoms with Crippen LogP contribution < -0.4 is 10.6 Å². The molecular formula is C19H23FN2O. The Morgan fingerprint density at radius 1 is 1.00 bits per heavy atom. The lowest BCUT2D eigenvalue weighted by Crippen LogP contribution is -2.30. The van der Waals surface area contributed by atoms with Crippen molar-refractivity contribution in [1.29, 1.82) is 0 Å². The number of anilines is 1. The van der Waals surface area contributed by atoms with Crippen LogP contribution in [-0.4, -0.2) is 13.0 Å². The second-order valence-corrected chi connectivity index (χ2v) is 6.59. The van der Waals surface area contributed by atoms with E-state index in [4.69, 9.17) is 0 Å². The molecule has 23 heavy (non-hydrogen) atoms. The highest BCUT2D eigenvalue weighted by atomic mass is 19.1. The summed E-state index contributed by atoms with van der Waals surface area (Å²) >= 11 is 0. The molecule has 0 heterocycles. The van der Waals surface area contributed by atoms with E-state index in [2.05, 4.69) is 31.4 Å². The van der Waals surface area contributed by atoms with E-state index >= 15 is 0 Å². The minimum atomic E-state index is -0.530. The Hall–Kier alpha value is -2.20. The maximum atomic E-state index is 13.0. The van der Waals surface area contributed by atoms with E-state index in [1.807, 2.05) is 24.3 Å². The number of benzene rings is 2. The van der Waals surface area contributed by atoms with Gasteiger partial charge in [0.15, 0.2) is 0 Å². The molecule has 0 bridgehead atoms. The van der Waals surface area contributed by atoms with Gasteiger partial charge in [-0.05, 0) is 47.9 Å². The number of hydrogen-bond acceptors (Lipinski definition) is 2. The quantitative estimate of drug-likeness (QED) is 0.895. The number of halogens is 1. The smallest absolute Gasteiger partial charge is 0.246 e. The fourth-order valence-corrected chi connectivity index (χ4v) is 2.37. The molecule has 0 unspecified atom stereocenters. The molecule has 0 aliphatic heterocycles. The highest BCUT2D eigenvalue weighted by Gasteiger charge is 2.19. The highest BCUT2D eigenvalue weighted by Crippen LogP contribution is 2.24. The summed E-state index contributed by atoms with van der Waals surface area (Å²) in [5.41, 5.74) is 2.74. The lowest BCUT2D eigenvalue weighted by atomic mass is 9.87. The normalized spacial score (nSPS) is 12.7. The molecule has 0 aliphatic carbocycles. The summed E-state index contributed by atoms with van der Waals surface area (Å²) in [4.78, 5) is 12.4. The van der Waals surface area contributed by atoms with E-state index in [0.717, 1.165) is 11.3 Å². The van der Waals surface area contributed by atoms with Crippen molar-refractivity contribution in [3.05, 3.63) is 65.5 Å². The summed E-state index contributed by atoms with van der Waals surface area (Å²) in [5.74, 6) is -0.496. The molecule has 2 aromatic rings. The molecule has 0 aliphatic rings. The molecule has 0 spiro atoms. The molecule has 122 valence electrons. The maximum Gasteiger partial charge on any atom is 0.246 e. The van der Waals surface area contributed by atoms with Crippen LogP contribution in [0.2, 0.25) is 0 Å². The Labute approximate surface area is 136 Å². The molecule has 0 saturated heterocycles. The molecule has 2 aromatic carbocycles. The Bertz CT molecular complexity index is 657. The lowest BCUT2D eigenvalue weighted by molar-refractivity contribution is -0.118. The van der Waals surface area contributed by atoms with E-state index in [1.165, 1.54) is 17.7 Å². The first-order valence-electron chi connectivity index (χ1n) is 7.65. The van der Waals surface area contributed by atoms with Gasteiger partial charge in [-0.1, -0.05) is 45.0 Å². The molecule has 0 aromatic heterocycles. The Morgan fingerprint density at radius 2 is 1.57 bits per heavy atom. The van der Waals surface area contributed by atoms with Crippen molar-refractivity contribution >= 4 is 11.6 Å². The van der Waals surface area contributed by atoms with E-state index < -0.39 is 6.04 Å². The van der Waals surface area contributed by atoms with E-state index in [1.54, 1.807) is 19.2 Å². The number of hydrogen-bond donors (Lipinski definition) is 2. The molecule has 0 radical (unpaired) electrons. The van der Waals surface area contributed by atoms with E-state index in [-0.39, 0.29) is 17.1 Å². The SMILES string of the molecule is CN[C@@H](C(=O)Nc1ccc(C(C)(C)C)cc1)c1ccc(F)cc1. The summed E-state index contributed by atoms with van der Waals surface area (Å²) in [6.07, 6.45) is 0. The number of likely N-dealkylation sites (N-methyl/N-ethyl adjacent to an activating group) is 1. The van der Waals surface area contributed by atoms with Gasteiger partial charge in [-0.3, -0.25) is 4.79 Å².